The molecule has 0 radical (unpaired) electrons. The van der Waals surface area contributed by atoms with Crippen molar-refractivity contribution < 1.29 is 13.9 Å². The predicted molar refractivity (Wildman–Crippen MR) is 88.3 cm³/mol. The molecule has 1 saturated carbocycles. The third-order valence-electron chi connectivity index (χ3n) is 3.75. The smallest absolute Gasteiger partial charge is 0.228 e. The van der Waals surface area contributed by atoms with Crippen LogP contribution in [0.4, 0.5) is 10.1 Å². The van der Waals surface area contributed by atoms with Crippen LogP contribution in [0.1, 0.15) is 32.6 Å². The van der Waals surface area contributed by atoms with Crippen molar-refractivity contribution in [3.8, 4) is 5.75 Å². The third kappa shape index (κ3) is 5.14. The second-order valence-corrected chi connectivity index (χ2v) is 5.62. The van der Waals surface area contributed by atoms with Gasteiger partial charge in [-0.25, -0.2) is 4.39 Å². The summed E-state index contributed by atoms with van der Waals surface area (Å²) in [5.74, 6) is -0.468. The summed E-state index contributed by atoms with van der Waals surface area (Å²) < 4.78 is 19.7. The maximum absolute atomic E-state index is 14.0. The summed E-state index contributed by atoms with van der Waals surface area (Å²) in [6.45, 7) is 2.40. The van der Waals surface area contributed by atoms with Crippen LogP contribution in [0.5, 0.6) is 5.75 Å². The van der Waals surface area contributed by atoms with E-state index in [0.29, 0.717) is 12.2 Å². The average molecular weight is 331 g/mol. The quantitative estimate of drug-likeness (QED) is 0.841. The summed E-state index contributed by atoms with van der Waals surface area (Å²) >= 11 is 0. The van der Waals surface area contributed by atoms with Gasteiger partial charge in [-0.1, -0.05) is 6.92 Å². The van der Waals surface area contributed by atoms with Gasteiger partial charge in [0.25, 0.3) is 0 Å². The van der Waals surface area contributed by atoms with Gasteiger partial charge in [0.05, 0.1) is 6.10 Å². The predicted octanol–water partition coefficient (Wildman–Crippen LogP) is 3.36. The fourth-order valence-electron chi connectivity index (χ4n) is 2.52. The van der Waals surface area contributed by atoms with Crippen LogP contribution in [0.3, 0.4) is 0 Å². The highest BCUT2D eigenvalue weighted by Gasteiger charge is 2.19. The lowest BCUT2D eigenvalue weighted by Gasteiger charge is -2.15. The number of halogens is 2. The maximum Gasteiger partial charge on any atom is 0.228 e. The van der Waals surface area contributed by atoms with Crippen molar-refractivity contribution in [1.82, 2.24) is 5.32 Å². The van der Waals surface area contributed by atoms with Gasteiger partial charge >= 0.3 is 0 Å². The molecular weight excluding hydrogens is 307 g/mol. The van der Waals surface area contributed by atoms with Gasteiger partial charge in [0.1, 0.15) is 0 Å². The first-order valence-electron chi connectivity index (χ1n) is 7.52. The van der Waals surface area contributed by atoms with Gasteiger partial charge in [0.15, 0.2) is 11.6 Å². The molecule has 0 bridgehead atoms. The Hall–Kier alpha value is -1.33. The number of rotatable bonds is 6. The van der Waals surface area contributed by atoms with Gasteiger partial charge in [-0.3, -0.25) is 4.79 Å². The number of carbonyl (C=O) groups excluding carboxylic acids is 1. The number of anilines is 1. The van der Waals surface area contributed by atoms with Gasteiger partial charge in [-0.05, 0) is 44.9 Å². The molecule has 1 aromatic rings. The zero-order valence-electron chi connectivity index (χ0n) is 13.0. The third-order valence-corrected chi connectivity index (χ3v) is 3.75. The largest absolute Gasteiger partial charge is 0.487 e. The molecule has 1 atom stereocenters. The molecule has 1 amide bonds. The van der Waals surface area contributed by atoms with Crippen LogP contribution in [0.2, 0.25) is 0 Å². The molecule has 0 heterocycles. The minimum Gasteiger partial charge on any atom is -0.487 e. The van der Waals surface area contributed by atoms with Crippen molar-refractivity contribution in [3.05, 3.63) is 24.0 Å². The SMILES string of the molecule is CNCC(C)C(=O)Nc1ccc(OC2CCCC2)c(F)c1.Cl. The number of hydrogen-bond donors (Lipinski definition) is 2. The Balaban J connectivity index is 0.00000242. The molecule has 1 fully saturated rings. The summed E-state index contributed by atoms with van der Waals surface area (Å²) in [4.78, 5) is 11.9. The molecule has 1 aromatic carbocycles. The molecule has 0 saturated heterocycles. The van der Waals surface area contributed by atoms with E-state index in [4.69, 9.17) is 4.74 Å². The van der Waals surface area contributed by atoms with Crippen molar-refractivity contribution in [2.75, 3.05) is 18.9 Å². The zero-order chi connectivity index (χ0) is 15.2. The van der Waals surface area contributed by atoms with Crippen molar-refractivity contribution in [2.24, 2.45) is 5.92 Å². The lowest BCUT2D eigenvalue weighted by atomic mass is 10.1. The van der Waals surface area contributed by atoms with Gasteiger partial charge in [0.2, 0.25) is 5.91 Å². The Morgan fingerprint density at radius 2 is 2.09 bits per heavy atom. The van der Waals surface area contributed by atoms with E-state index in [1.54, 1.807) is 19.2 Å². The lowest BCUT2D eigenvalue weighted by molar-refractivity contribution is -0.119. The zero-order valence-corrected chi connectivity index (χ0v) is 13.8. The summed E-state index contributed by atoms with van der Waals surface area (Å²) in [5, 5.41) is 5.65. The van der Waals surface area contributed by atoms with Crippen molar-refractivity contribution in [1.29, 1.82) is 0 Å². The standard InChI is InChI=1S/C16H23FN2O2.ClH/c1-11(10-18-2)16(20)19-12-7-8-15(14(17)9-12)21-13-5-3-4-6-13;/h7-9,11,13,18H,3-6,10H2,1-2H3,(H,19,20);1H. The van der Waals surface area contributed by atoms with E-state index in [0.717, 1.165) is 25.7 Å². The molecule has 124 valence electrons. The van der Waals surface area contributed by atoms with Crippen LogP contribution in [-0.4, -0.2) is 25.6 Å². The van der Waals surface area contributed by atoms with Gasteiger partial charge in [-0.2, -0.15) is 0 Å². The van der Waals surface area contributed by atoms with Crippen molar-refractivity contribution in [3.63, 3.8) is 0 Å². The molecule has 0 aromatic heterocycles. The van der Waals surface area contributed by atoms with E-state index in [2.05, 4.69) is 10.6 Å². The Labute approximate surface area is 137 Å². The topological polar surface area (TPSA) is 50.4 Å². The molecular formula is C16H24ClFN2O2. The van der Waals surface area contributed by atoms with E-state index in [1.807, 2.05) is 6.92 Å². The lowest BCUT2D eigenvalue weighted by Crippen LogP contribution is -2.28. The monoisotopic (exact) mass is 330 g/mol. The molecule has 1 aliphatic carbocycles. The normalized spacial score (nSPS) is 16.0. The van der Waals surface area contributed by atoms with Crippen molar-refractivity contribution in [2.45, 2.75) is 38.7 Å². The second-order valence-electron chi connectivity index (χ2n) is 5.62. The molecule has 0 spiro atoms. The Bertz CT molecular complexity index is 493. The Kier molecular flexibility index (Phi) is 7.62. The maximum atomic E-state index is 14.0. The van der Waals surface area contributed by atoms with Gasteiger partial charge in [-0.15, -0.1) is 12.4 Å². The van der Waals surface area contributed by atoms with Crippen LogP contribution < -0.4 is 15.4 Å². The number of amides is 1. The highest BCUT2D eigenvalue weighted by Crippen LogP contribution is 2.27. The van der Waals surface area contributed by atoms with Gasteiger partial charge in [0, 0.05) is 24.2 Å². The summed E-state index contributed by atoms with van der Waals surface area (Å²) in [5.41, 5.74) is 0.458. The summed E-state index contributed by atoms with van der Waals surface area (Å²) in [7, 11) is 1.79. The Morgan fingerprint density at radius 1 is 1.41 bits per heavy atom. The number of hydrogen-bond acceptors (Lipinski definition) is 3. The van der Waals surface area contributed by atoms with E-state index in [-0.39, 0.29) is 36.1 Å². The molecule has 1 unspecified atom stereocenters. The van der Waals surface area contributed by atoms with E-state index >= 15 is 0 Å². The highest BCUT2D eigenvalue weighted by molar-refractivity contribution is 5.92. The number of ether oxygens (including phenoxy) is 1. The first-order valence-corrected chi connectivity index (χ1v) is 7.52. The molecule has 6 heteroatoms. The van der Waals surface area contributed by atoms with Gasteiger partial charge < -0.3 is 15.4 Å². The fraction of sp³-hybridized carbons (Fsp3) is 0.562. The van der Waals surface area contributed by atoms with E-state index in [9.17, 15) is 9.18 Å². The molecule has 0 aliphatic heterocycles. The van der Waals surface area contributed by atoms with Crippen LogP contribution in [0, 0.1) is 11.7 Å². The molecule has 22 heavy (non-hydrogen) atoms. The van der Waals surface area contributed by atoms with Crippen LogP contribution >= 0.6 is 12.4 Å². The number of benzene rings is 1. The molecule has 4 nitrogen and oxygen atoms in total. The van der Waals surface area contributed by atoms with Crippen LogP contribution in [0.15, 0.2) is 18.2 Å². The summed E-state index contributed by atoms with van der Waals surface area (Å²) in [6, 6.07) is 4.58. The second kappa shape index (κ2) is 8.96. The molecule has 2 rings (SSSR count). The molecule has 2 N–H and O–H groups in total. The highest BCUT2D eigenvalue weighted by atomic mass is 35.5. The van der Waals surface area contributed by atoms with E-state index in [1.165, 1.54) is 6.07 Å². The number of carbonyl (C=O) groups is 1. The van der Waals surface area contributed by atoms with Crippen LogP contribution in [0.25, 0.3) is 0 Å². The minimum absolute atomic E-state index is 0. The molecule has 1 aliphatic rings. The van der Waals surface area contributed by atoms with Crippen LogP contribution in [-0.2, 0) is 4.79 Å². The number of nitrogens with one attached hydrogen (secondary N) is 2. The first-order chi connectivity index (χ1) is 10.1. The van der Waals surface area contributed by atoms with E-state index < -0.39 is 5.82 Å². The first kappa shape index (κ1) is 18.7. The fourth-order valence-corrected chi connectivity index (χ4v) is 2.52. The Morgan fingerprint density at radius 3 is 2.68 bits per heavy atom. The summed E-state index contributed by atoms with van der Waals surface area (Å²) in [6.07, 6.45) is 4.38. The minimum atomic E-state index is -0.430. The average Bonchev–Trinajstić information content (AvgIpc) is 2.95. The van der Waals surface area contributed by atoms with Crippen molar-refractivity contribution >= 4 is 24.0 Å².